The fourth-order valence-corrected chi connectivity index (χ4v) is 3.78. The molecule has 5 heteroatoms. The highest BCUT2D eigenvalue weighted by molar-refractivity contribution is 7.15. The van der Waals surface area contributed by atoms with E-state index < -0.39 is 0 Å². The van der Waals surface area contributed by atoms with Crippen LogP contribution in [-0.4, -0.2) is 18.1 Å². The van der Waals surface area contributed by atoms with E-state index in [9.17, 15) is 0 Å². The molecule has 3 nitrogen and oxygen atoms in total. The Bertz CT molecular complexity index is 517. The molecule has 1 unspecified atom stereocenters. The Morgan fingerprint density at radius 1 is 1.53 bits per heavy atom. The number of hydrogen-bond acceptors (Lipinski definition) is 5. The van der Waals surface area contributed by atoms with Gasteiger partial charge in [0.1, 0.15) is 0 Å². The topological polar surface area (TPSA) is 28.2 Å². The Labute approximate surface area is 122 Å². The lowest BCUT2D eigenvalue weighted by molar-refractivity contribution is 0.662. The third kappa shape index (κ3) is 2.99. The number of nitrogens with zero attached hydrogens (tertiary/aromatic N) is 2. The predicted octanol–water partition coefficient (Wildman–Crippen LogP) is 3.65. The van der Waals surface area contributed by atoms with Crippen molar-refractivity contribution in [1.29, 1.82) is 0 Å². The maximum Gasteiger partial charge on any atom is 0.186 e. The molecule has 2 heterocycles. The summed E-state index contributed by atoms with van der Waals surface area (Å²) in [7, 11) is 1.99. The van der Waals surface area contributed by atoms with Crippen molar-refractivity contribution >= 4 is 27.8 Å². The third-order valence-corrected chi connectivity index (χ3v) is 5.49. The van der Waals surface area contributed by atoms with Crippen molar-refractivity contribution in [2.45, 2.75) is 38.4 Å². The van der Waals surface area contributed by atoms with Crippen molar-refractivity contribution in [2.24, 2.45) is 0 Å². The normalized spacial score (nSPS) is 16.5. The summed E-state index contributed by atoms with van der Waals surface area (Å²) in [5, 5.41) is 8.84. The van der Waals surface area contributed by atoms with Gasteiger partial charge < -0.3 is 10.2 Å². The number of aromatic nitrogens is 1. The molecule has 0 aromatic carbocycles. The van der Waals surface area contributed by atoms with Crippen LogP contribution in [0.25, 0.3) is 0 Å². The molecular formula is C14H19N3S2. The Morgan fingerprint density at radius 3 is 3.00 bits per heavy atom. The molecule has 0 amide bonds. The van der Waals surface area contributed by atoms with Crippen LogP contribution < -0.4 is 10.2 Å². The number of hydrogen-bond donors (Lipinski definition) is 1. The van der Waals surface area contributed by atoms with E-state index in [1.807, 2.05) is 24.6 Å². The number of thiazole rings is 1. The Morgan fingerprint density at radius 2 is 2.37 bits per heavy atom. The van der Waals surface area contributed by atoms with Gasteiger partial charge in [-0.25, -0.2) is 4.98 Å². The van der Waals surface area contributed by atoms with E-state index in [1.165, 1.54) is 28.4 Å². The molecule has 1 aliphatic rings. The summed E-state index contributed by atoms with van der Waals surface area (Å²) < 4.78 is 0. The number of anilines is 1. The molecule has 2 aromatic rings. The van der Waals surface area contributed by atoms with Crippen LogP contribution in [0.15, 0.2) is 23.0 Å². The first-order valence-corrected chi connectivity index (χ1v) is 8.44. The van der Waals surface area contributed by atoms with Gasteiger partial charge >= 0.3 is 0 Å². The molecule has 102 valence electrons. The summed E-state index contributed by atoms with van der Waals surface area (Å²) in [6, 6.07) is 3.29. The number of thiophene rings is 1. The molecule has 1 atom stereocenters. The van der Waals surface area contributed by atoms with Crippen molar-refractivity contribution in [3.8, 4) is 0 Å². The summed E-state index contributed by atoms with van der Waals surface area (Å²) in [5.74, 6) is 0. The van der Waals surface area contributed by atoms with Crippen LogP contribution in [-0.2, 0) is 6.54 Å². The van der Waals surface area contributed by atoms with E-state index in [-0.39, 0.29) is 0 Å². The molecule has 0 saturated heterocycles. The average molecular weight is 293 g/mol. The minimum atomic E-state index is 0.383. The van der Waals surface area contributed by atoms with E-state index in [0.717, 1.165) is 6.54 Å². The second kappa shape index (κ2) is 5.61. The van der Waals surface area contributed by atoms with Gasteiger partial charge in [0.15, 0.2) is 5.13 Å². The van der Waals surface area contributed by atoms with Crippen molar-refractivity contribution in [3.05, 3.63) is 33.5 Å². The minimum Gasteiger partial charge on any atom is -0.341 e. The molecule has 0 aliphatic heterocycles. The first-order valence-electron chi connectivity index (χ1n) is 6.68. The molecule has 1 aliphatic carbocycles. The van der Waals surface area contributed by atoms with E-state index in [4.69, 9.17) is 0 Å². The largest absolute Gasteiger partial charge is 0.341 e. The predicted molar refractivity (Wildman–Crippen MR) is 83.1 cm³/mol. The molecule has 19 heavy (non-hydrogen) atoms. The summed E-state index contributed by atoms with van der Waals surface area (Å²) in [5.41, 5.74) is 1.40. The fourth-order valence-electron chi connectivity index (χ4n) is 2.07. The molecule has 1 saturated carbocycles. The third-order valence-electron chi connectivity index (χ3n) is 3.54. The van der Waals surface area contributed by atoms with E-state index in [0.29, 0.717) is 12.1 Å². The van der Waals surface area contributed by atoms with Crippen LogP contribution in [0, 0.1) is 0 Å². The highest BCUT2D eigenvalue weighted by atomic mass is 32.1. The second-order valence-electron chi connectivity index (χ2n) is 5.05. The van der Waals surface area contributed by atoms with Crippen LogP contribution in [0.5, 0.6) is 0 Å². The highest BCUT2D eigenvalue weighted by Crippen LogP contribution is 2.36. The van der Waals surface area contributed by atoms with Crippen molar-refractivity contribution in [2.75, 3.05) is 11.9 Å². The zero-order valence-electron chi connectivity index (χ0n) is 11.3. The summed E-state index contributed by atoms with van der Waals surface area (Å²) in [6.45, 7) is 3.17. The molecule has 0 spiro atoms. The van der Waals surface area contributed by atoms with Crippen molar-refractivity contribution in [3.63, 3.8) is 0 Å². The quantitative estimate of drug-likeness (QED) is 0.881. The van der Waals surface area contributed by atoms with Gasteiger partial charge in [0.2, 0.25) is 0 Å². The van der Waals surface area contributed by atoms with Gasteiger partial charge in [-0.2, -0.15) is 11.3 Å². The van der Waals surface area contributed by atoms with E-state index >= 15 is 0 Å². The van der Waals surface area contributed by atoms with Gasteiger partial charge in [0.25, 0.3) is 0 Å². The maximum atomic E-state index is 4.64. The van der Waals surface area contributed by atoms with Gasteiger partial charge in [0, 0.05) is 29.7 Å². The van der Waals surface area contributed by atoms with Crippen LogP contribution in [0.3, 0.4) is 0 Å². The lowest BCUT2D eigenvalue weighted by atomic mass is 10.3. The van der Waals surface area contributed by atoms with Crippen molar-refractivity contribution in [1.82, 2.24) is 10.3 Å². The van der Waals surface area contributed by atoms with Gasteiger partial charge in [-0.05, 0) is 49.2 Å². The SMILES string of the molecule is CNC(C)c1cnc(N(Cc2ccsc2)C2CC2)s1. The Hall–Kier alpha value is -0.910. The molecule has 1 fully saturated rings. The number of nitrogens with one attached hydrogen (secondary N) is 1. The van der Waals surface area contributed by atoms with Gasteiger partial charge in [0.05, 0.1) is 0 Å². The maximum absolute atomic E-state index is 4.64. The lowest BCUT2D eigenvalue weighted by Crippen LogP contribution is -2.24. The first-order chi connectivity index (χ1) is 9.28. The molecule has 3 rings (SSSR count). The summed E-state index contributed by atoms with van der Waals surface area (Å²) in [4.78, 5) is 8.42. The zero-order valence-corrected chi connectivity index (χ0v) is 12.9. The second-order valence-corrected chi connectivity index (χ2v) is 6.87. The molecule has 0 radical (unpaired) electrons. The van der Waals surface area contributed by atoms with E-state index in [2.05, 4.69) is 39.0 Å². The average Bonchev–Trinajstić information content (AvgIpc) is 2.94. The zero-order chi connectivity index (χ0) is 13.2. The molecule has 0 bridgehead atoms. The van der Waals surface area contributed by atoms with Crippen LogP contribution >= 0.6 is 22.7 Å². The van der Waals surface area contributed by atoms with Crippen LogP contribution in [0.1, 0.15) is 36.2 Å². The highest BCUT2D eigenvalue weighted by Gasteiger charge is 2.31. The van der Waals surface area contributed by atoms with Crippen molar-refractivity contribution < 1.29 is 0 Å². The lowest BCUT2D eigenvalue weighted by Gasteiger charge is -2.20. The monoisotopic (exact) mass is 293 g/mol. The van der Waals surface area contributed by atoms with E-state index in [1.54, 1.807) is 11.3 Å². The number of rotatable bonds is 6. The van der Waals surface area contributed by atoms with Gasteiger partial charge in [-0.15, -0.1) is 11.3 Å². The molecule has 2 aromatic heterocycles. The minimum absolute atomic E-state index is 0.383. The molecular weight excluding hydrogens is 274 g/mol. The fraction of sp³-hybridized carbons (Fsp3) is 0.500. The summed E-state index contributed by atoms with van der Waals surface area (Å²) in [6.07, 6.45) is 4.63. The first kappa shape index (κ1) is 13.1. The standard InChI is InChI=1S/C14H19N3S2/c1-10(15-2)13-7-16-14(19-13)17(12-3-4-12)8-11-5-6-18-9-11/h5-7,9-10,12,15H,3-4,8H2,1-2H3. The Kier molecular flexibility index (Phi) is 3.86. The summed E-state index contributed by atoms with van der Waals surface area (Å²) >= 11 is 3.59. The smallest absolute Gasteiger partial charge is 0.186 e. The van der Waals surface area contributed by atoms with Crippen LogP contribution in [0.4, 0.5) is 5.13 Å². The van der Waals surface area contributed by atoms with Gasteiger partial charge in [-0.1, -0.05) is 0 Å². The van der Waals surface area contributed by atoms with Crippen LogP contribution in [0.2, 0.25) is 0 Å². The Balaban J connectivity index is 1.78. The molecule has 1 N–H and O–H groups in total. The van der Waals surface area contributed by atoms with Gasteiger partial charge in [-0.3, -0.25) is 0 Å².